The molecule has 8 heteroatoms. The number of esters is 1. The summed E-state index contributed by atoms with van der Waals surface area (Å²) in [7, 11) is 0. The number of nitrogens with zero attached hydrogens (tertiary/aromatic N) is 2. The van der Waals surface area contributed by atoms with E-state index in [-0.39, 0.29) is 12.3 Å². The predicted octanol–water partition coefficient (Wildman–Crippen LogP) is 4.94. The molecule has 0 fully saturated rings. The molecule has 0 aliphatic rings. The lowest BCUT2D eigenvalue weighted by atomic mass is 10.3. The number of ether oxygens (including phenoxy) is 1. The second kappa shape index (κ2) is 8.75. The molecule has 0 saturated heterocycles. The molecule has 0 saturated carbocycles. The lowest BCUT2D eigenvalue weighted by molar-refractivity contribution is 0.0510. The van der Waals surface area contributed by atoms with E-state index in [1.54, 1.807) is 31.2 Å². The summed E-state index contributed by atoms with van der Waals surface area (Å²) in [6.45, 7) is 1.89. The molecule has 1 amide bonds. The number of anilines is 1. The SMILES string of the molecule is CCOC(=O)c1c(Sc2ccccc2)cnn1C(=O)Nc1cccc(Cl)c1. The highest BCUT2D eigenvalue weighted by molar-refractivity contribution is 7.99. The van der Waals surface area contributed by atoms with E-state index in [1.807, 2.05) is 30.3 Å². The van der Waals surface area contributed by atoms with Gasteiger partial charge in [0.15, 0.2) is 5.69 Å². The Morgan fingerprint density at radius 2 is 1.96 bits per heavy atom. The number of hydrogen-bond acceptors (Lipinski definition) is 5. The topological polar surface area (TPSA) is 73.2 Å². The summed E-state index contributed by atoms with van der Waals surface area (Å²) >= 11 is 7.27. The Balaban J connectivity index is 1.92. The van der Waals surface area contributed by atoms with Crippen molar-refractivity contribution in [3.63, 3.8) is 0 Å². The molecule has 0 aliphatic heterocycles. The largest absolute Gasteiger partial charge is 0.461 e. The number of carbonyl (C=O) groups excluding carboxylic acids is 2. The van der Waals surface area contributed by atoms with Gasteiger partial charge in [0.2, 0.25) is 0 Å². The molecule has 27 heavy (non-hydrogen) atoms. The van der Waals surface area contributed by atoms with Crippen LogP contribution in [0.3, 0.4) is 0 Å². The number of hydrogen-bond donors (Lipinski definition) is 1. The number of halogens is 1. The summed E-state index contributed by atoms with van der Waals surface area (Å²) in [6.07, 6.45) is 1.47. The zero-order valence-corrected chi connectivity index (χ0v) is 16.0. The molecule has 6 nitrogen and oxygen atoms in total. The van der Waals surface area contributed by atoms with Crippen LogP contribution >= 0.6 is 23.4 Å². The average molecular weight is 402 g/mol. The van der Waals surface area contributed by atoms with Gasteiger partial charge >= 0.3 is 12.0 Å². The average Bonchev–Trinajstić information content (AvgIpc) is 3.06. The molecular weight excluding hydrogens is 386 g/mol. The van der Waals surface area contributed by atoms with Crippen LogP contribution in [0.25, 0.3) is 0 Å². The molecule has 0 radical (unpaired) electrons. The number of carbonyl (C=O) groups is 2. The smallest absolute Gasteiger partial charge is 0.358 e. The van der Waals surface area contributed by atoms with Crippen molar-refractivity contribution in [3.05, 3.63) is 71.5 Å². The van der Waals surface area contributed by atoms with Gasteiger partial charge in [-0.3, -0.25) is 0 Å². The zero-order chi connectivity index (χ0) is 19.2. The van der Waals surface area contributed by atoms with Crippen LogP contribution in [0.4, 0.5) is 10.5 Å². The maximum absolute atomic E-state index is 12.6. The first-order chi connectivity index (χ1) is 13.1. The van der Waals surface area contributed by atoms with E-state index in [0.717, 1.165) is 9.58 Å². The van der Waals surface area contributed by atoms with Crippen LogP contribution < -0.4 is 5.32 Å². The monoisotopic (exact) mass is 401 g/mol. The highest BCUT2D eigenvalue weighted by atomic mass is 35.5. The number of rotatable bonds is 5. The van der Waals surface area contributed by atoms with Crippen molar-refractivity contribution in [3.8, 4) is 0 Å². The van der Waals surface area contributed by atoms with Crippen molar-refractivity contribution in [2.24, 2.45) is 0 Å². The highest BCUT2D eigenvalue weighted by Gasteiger charge is 2.24. The van der Waals surface area contributed by atoms with Crippen molar-refractivity contribution >= 4 is 41.1 Å². The van der Waals surface area contributed by atoms with Crippen LogP contribution in [0.2, 0.25) is 5.02 Å². The quantitative estimate of drug-likeness (QED) is 0.612. The Kier molecular flexibility index (Phi) is 6.16. The molecule has 1 heterocycles. The third-order valence-electron chi connectivity index (χ3n) is 3.44. The minimum Gasteiger partial charge on any atom is -0.461 e. The van der Waals surface area contributed by atoms with Crippen LogP contribution in [0.1, 0.15) is 17.4 Å². The second-order valence-corrected chi connectivity index (χ2v) is 6.90. The highest BCUT2D eigenvalue weighted by Crippen LogP contribution is 2.30. The maximum atomic E-state index is 12.6. The third kappa shape index (κ3) is 4.69. The molecule has 0 atom stereocenters. The fourth-order valence-electron chi connectivity index (χ4n) is 2.31. The minimum atomic E-state index is -0.616. The lowest BCUT2D eigenvalue weighted by Crippen LogP contribution is -2.25. The molecular formula is C19H16ClN3O3S. The van der Waals surface area contributed by atoms with Gasteiger partial charge in [-0.1, -0.05) is 47.6 Å². The normalized spacial score (nSPS) is 10.4. The van der Waals surface area contributed by atoms with Crippen molar-refractivity contribution in [2.75, 3.05) is 11.9 Å². The van der Waals surface area contributed by atoms with E-state index in [2.05, 4.69) is 10.4 Å². The third-order valence-corrected chi connectivity index (χ3v) is 4.71. The van der Waals surface area contributed by atoms with Crippen molar-refractivity contribution in [1.82, 2.24) is 9.78 Å². The van der Waals surface area contributed by atoms with Crippen molar-refractivity contribution in [2.45, 2.75) is 16.7 Å². The van der Waals surface area contributed by atoms with Crippen LogP contribution in [0.15, 0.2) is 70.6 Å². The van der Waals surface area contributed by atoms with E-state index in [0.29, 0.717) is 15.6 Å². The van der Waals surface area contributed by atoms with E-state index in [9.17, 15) is 9.59 Å². The Bertz CT molecular complexity index is 960. The van der Waals surface area contributed by atoms with Crippen molar-refractivity contribution < 1.29 is 14.3 Å². The van der Waals surface area contributed by atoms with Gasteiger partial charge in [-0.25, -0.2) is 9.59 Å². The first-order valence-corrected chi connectivity index (χ1v) is 9.33. The van der Waals surface area contributed by atoms with Crippen LogP contribution in [-0.4, -0.2) is 28.4 Å². The van der Waals surface area contributed by atoms with E-state index in [4.69, 9.17) is 16.3 Å². The van der Waals surface area contributed by atoms with Gasteiger partial charge in [-0.05, 0) is 37.3 Å². The van der Waals surface area contributed by atoms with Gasteiger partial charge in [-0.2, -0.15) is 9.78 Å². The van der Waals surface area contributed by atoms with Gasteiger partial charge in [0.1, 0.15) is 0 Å². The van der Waals surface area contributed by atoms with Crippen LogP contribution in [0.5, 0.6) is 0 Å². The standard InChI is InChI=1S/C19H16ClN3O3S/c1-2-26-18(24)17-16(27-15-9-4-3-5-10-15)12-21-23(17)19(25)22-14-8-6-7-13(20)11-14/h3-12H,2H2,1H3,(H,22,25). The molecule has 0 unspecified atom stereocenters. The zero-order valence-electron chi connectivity index (χ0n) is 14.4. The summed E-state index contributed by atoms with van der Waals surface area (Å²) in [5.41, 5.74) is 0.570. The molecule has 1 N–H and O–H groups in total. The summed E-state index contributed by atoms with van der Waals surface area (Å²) < 4.78 is 6.11. The first kappa shape index (κ1) is 19.0. The van der Waals surface area contributed by atoms with Crippen molar-refractivity contribution in [1.29, 1.82) is 0 Å². The van der Waals surface area contributed by atoms with Gasteiger partial charge < -0.3 is 10.1 Å². The first-order valence-electron chi connectivity index (χ1n) is 8.13. The Morgan fingerprint density at radius 1 is 1.19 bits per heavy atom. The summed E-state index contributed by atoms with van der Waals surface area (Å²) in [5, 5.41) is 7.24. The van der Waals surface area contributed by atoms with Gasteiger partial charge in [0.25, 0.3) is 0 Å². The van der Waals surface area contributed by atoms with Gasteiger partial charge in [0, 0.05) is 15.6 Å². The molecule has 2 aromatic carbocycles. The molecule has 0 aliphatic carbocycles. The predicted molar refractivity (Wildman–Crippen MR) is 105 cm³/mol. The van der Waals surface area contributed by atoms with E-state index < -0.39 is 12.0 Å². The molecule has 0 spiro atoms. The summed E-state index contributed by atoms with van der Waals surface area (Å²) in [5.74, 6) is -0.616. The fraction of sp³-hybridized carbons (Fsp3) is 0.105. The number of amides is 1. The van der Waals surface area contributed by atoms with Gasteiger partial charge in [0.05, 0.1) is 17.7 Å². The number of aromatic nitrogens is 2. The Hall–Kier alpha value is -2.77. The summed E-state index contributed by atoms with van der Waals surface area (Å²) in [4.78, 5) is 26.5. The van der Waals surface area contributed by atoms with E-state index >= 15 is 0 Å². The summed E-state index contributed by atoms with van der Waals surface area (Å²) in [6, 6.07) is 15.6. The maximum Gasteiger partial charge on any atom is 0.358 e. The van der Waals surface area contributed by atoms with E-state index in [1.165, 1.54) is 18.0 Å². The van der Waals surface area contributed by atoms with Crippen LogP contribution in [0, 0.1) is 0 Å². The Morgan fingerprint density at radius 3 is 2.67 bits per heavy atom. The second-order valence-electron chi connectivity index (χ2n) is 5.35. The minimum absolute atomic E-state index is 0.0743. The Labute approximate surface area is 165 Å². The molecule has 1 aromatic heterocycles. The number of benzene rings is 2. The molecule has 3 aromatic rings. The molecule has 0 bridgehead atoms. The fourth-order valence-corrected chi connectivity index (χ4v) is 3.41. The van der Waals surface area contributed by atoms with Crippen LogP contribution in [-0.2, 0) is 4.74 Å². The lowest BCUT2D eigenvalue weighted by Gasteiger charge is -2.09. The van der Waals surface area contributed by atoms with Gasteiger partial charge in [-0.15, -0.1) is 0 Å². The molecule has 138 valence electrons. The number of nitrogens with one attached hydrogen (secondary N) is 1. The molecule has 3 rings (SSSR count).